The molecule has 0 spiro atoms. The third kappa shape index (κ3) is 8.50. The summed E-state index contributed by atoms with van der Waals surface area (Å²) in [6.07, 6.45) is 0. The first-order valence-corrected chi connectivity index (χ1v) is 13.7. The number of carbonyl (C=O) groups excluding carboxylic acids is 1. The van der Waals surface area contributed by atoms with Crippen LogP contribution in [0.25, 0.3) is 11.1 Å². The molecular weight excluding hydrogens is 516 g/mol. The van der Waals surface area contributed by atoms with Gasteiger partial charge in [0.1, 0.15) is 36.2 Å². The Morgan fingerprint density at radius 2 is 1.49 bits per heavy atom. The molecule has 0 saturated carbocycles. The summed E-state index contributed by atoms with van der Waals surface area (Å²) in [5.74, 6) is 2.79. The van der Waals surface area contributed by atoms with Crippen LogP contribution in [0.1, 0.15) is 29.2 Å². The number of amides is 1. The summed E-state index contributed by atoms with van der Waals surface area (Å²) in [4.78, 5) is 11.2. The van der Waals surface area contributed by atoms with E-state index in [0.717, 1.165) is 22.4 Å². The van der Waals surface area contributed by atoms with E-state index in [1.165, 1.54) is 23.6 Å². The van der Waals surface area contributed by atoms with Gasteiger partial charge in [-0.05, 0) is 52.9 Å². The maximum Gasteiger partial charge on any atom is 0.216 e. The first-order chi connectivity index (χ1) is 20.0. The number of nitrogens with one attached hydrogen (secondary N) is 2. The molecule has 0 bridgehead atoms. The van der Waals surface area contributed by atoms with E-state index < -0.39 is 0 Å². The van der Waals surface area contributed by atoms with E-state index in [1.54, 1.807) is 14.2 Å². The van der Waals surface area contributed by atoms with Gasteiger partial charge in [-0.1, -0.05) is 54.6 Å². The lowest BCUT2D eigenvalue weighted by molar-refractivity contribution is -0.118. The molecule has 214 valence electrons. The van der Waals surface area contributed by atoms with Crippen LogP contribution in [0, 0.1) is 6.92 Å². The molecule has 0 aromatic heterocycles. The molecule has 41 heavy (non-hydrogen) atoms. The molecule has 2 N–H and O–H groups in total. The SMILES string of the molecule is COc1cc(COc2cc(OCc3cccc(-c4ccccc4)c3C)ccc2CNCCNC(C)=O)cc(OC)c1. The van der Waals surface area contributed by atoms with Gasteiger partial charge in [-0.25, -0.2) is 0 Å². The van der Waals surface area contributed by atoms with Crippen molar-refractivity contribution < 1.29 is 23.7 Å². The van der Waals surface area contributed by atoms with Gasteiger partial charge in [0.2, 0.25) is 5.91 Å². The molecule has 4 aromatic carbocycles. The fraction of sp³-hybridized carbons (Fsp3) is 0.265. The van der Waals surface area contributed by atoms with Crippen LogP contribution in [0.15, 0.2) is 84.9 Å². The Morgan fingerprint density at radius 3 is 2.20 bits per heavy atom. The van der Waals surface area contributed by atoms with Crippen molar-refractivity contribution in [2.24, 2.45) is 0 Å². The lowest BCUT2D eigenvalue weighted by Crippen LogP contribution is -2.30. The van der Waals surface area contributed by atoms with E-state index in [2.05, 4.69) is 60.0 Å². The fourth-order valence-electron chi connectivity index (χ4n) is 4.50. The molecule has 0 aliphatic carbocycles. The molecule has 1 amide bonds. The highest BCUT2D eigenvalue weighted by Gasteiger charge is 2.11. The predicted octanol–water partition coefficient (Wildman–Crippen LogP) is 6.06. The maximum absolute atomic E-state index is 11.2. The van der Waals surface area contributed by atoms with E-state index in [-0.39, 0.29) is 5.91 Å². The summed E-state index contributed by atoms with van der Waals surface area (Å²) < 4.78 is 23.4. The highest BCUT2D eigenvalue weighted by Crippen LogP contribution is 2.30. The molecule has 0 aliphatic heterocycles. The molecule has 0 radical (unpaired) electrons. The van der Waals surface area contributed by atoms with Gasteiger partial charge in [0.05, 0.1) is 14.2 Å². The van der Waals surface area contributed by atoms with Gasteiger partial charge >= 0.3 is 0 Å². The molecular formula is C34H38N2O5. The largest absolute Gasteiger partial charge is 0.497 e. The van der Waals surface area contributed by atoms with Crippen LogP contribution >= 0.6 is 0 Å². The highest BCUT2D eigenvalue weighted by molar-refractivity contribution is 5.72. The Labute approximate surface area is 242 Å². The molecule has 0 saturated heterocycles. The van der Waals surface area contributed by atoms with Crippen LogP contribution in [0.5, 0.6) is 23.0 Å². The van der Waals surface area contributed by atoms with Gasteiger partial charge in [0, 0.05) is 44.3 Å². The average molecular weight is 555 g/mol. The van der Waals surface area contributed by atoms with E-state index in [4.69, 9.17) is 18.9 Å². The van der Waals surface area contributed by atoms with Crippen molar-refractivity contribution in [2.75, 3.05) is 27.3 Å². The Balaban J connectivity index is 1.50. The molecule has 7 heteroatoms. The van der Waals surface area contributed by atoms with Crippen LogP contribution in [-0.2, 0) is 24.6 Å². The minimum atomic E-state index is -0.0458. The van der Waals surface area contributed by atoms with Crippen LogP contribution in [-0.4, -0.2) is 33.2 Å². The predicted molar refractivity (Wildman–Crippen MR) is 162 cm³/mol. The molecule has 0 atom stereocenters. The fourth-order valence-corrected chi connectivity index (χ4v) is 4.50. The molecule has 0 unspecified atom stereocenters. The minimum absolute atomic E-state index is 0.0458. The maximum atomic E-state index is 11.2. The lowest BCUT2D eigenvalue weighted by Gasteiger charge is -2.16. The Kier molecular flexibility index (Phi) is 10.6. The minimum Gasteiger partial charge on any atom is -0.497 e. The van der Waals surface area contributed by atoms with Crippen LogP contribution in [0.4, 0.5) is 0 Å². The van der Waals surface area contributed by atoms with Crippen molar-refractivity contribution in [3.8, 4) is 34.1 Å². The van der Waals surface area contributed by atoms with Crippen molar-refractivity contribution in [1.82, 2.24) is 10.6 Å². The zero-order chi connectivity index (χ0) is 29.0. The summed E-state index contributed by atoms with van der Waals surface area (Å²) in [5.41, 5.74) is 6.61. The Morgan fingerprint density at radius 1 is 0.732 bits per heavy atom. The number of rotatable bonds is 14. The first-order valence-electron chi connectivity index (χ1n) is 13.7. The van der Waals surface area contributed by atoms with Crippen molar-refractivity contribution in [2.45, 2.75) is 33.6 Å². The van der Waals surface area contributed by atoms with Gasteiger partial charge in [-0.3, -0.25) is 4.79 Å². The van der Waals surface area contributed by atoms with E-state index in [1.807, 2.05) is 42.5 Å². The van der Waals surface area contributed by atoms with Gasteiger partial charge < -0.3 is 29.6 Å². The molecule has 7 nitrogen and oxygen atoms in total. The van der Waals surface area contributed by atoms with Gasteiger partial charge in [-0.15, -0.1) is 0 Å². The number of hydrogen-bond donors (Lipinski definition) is 2. The van der Waals surface area contributed by atoms with E-state index in [9.17, 15) is 4.79 Å². The summed E-state index contributed by atoms with van der Waals surface area (Å²) in [5, 5.41) is 6.16. The first kappa shape index (κ1) is 29.5. The second kappa shape index (κ2) is 14.8. The average Bonchev–Trinajstić information content (AvgIpc) is 3.00. The molecule has 4 rings (SSSR count). The zero-order valence-corrected chi connectivity index (χ0v) is 24.2. The number of ether oxygens (including phenoxy) is 4. The van der Waals surface area contributed by atoms with Gasteiger partial charge in [-0.2, -0.15) is 0 Å². The number of hydrogen-bond acceptors (Lipinski definition) is 6. The van der Waals surface area contributed by atoms with Gasteiger partial charge in [0.25, 0.3) is 0 Å². The molecule has 0 heterocycles. The van der Waals surface area contributed by atoms with Crippen molar-refractivity contribution in [3.05, 3.63) is 107 Å². The standard InChI is InChI=1S/C34H38N2O5/c1-24-29(11-8-12-33(24)27-9-6-5-7-10-27)23-40-30-14-13-28(21-35-15-16-36-25(2)37)34(20-30)41-22-26-17-31(38-3)19-32(18-26)39-4/h5-14,17-20,35H,15-16,21-23H2,1-4H3,(H,36,37). The summed E-state index contributed by atoms with van der Waals surface area (Å²) in [6.45, 7) is 6.18. The molecule has 0 aliphatic rings. The lowest BCUT2D eigenvalue weighted by atomic mass is 9.97. The Hall–Kier alpha value is -4.49. The van der Waals surface area contributed by atoms with Gasteiger partial charge in [0.15, 0.2) is 0 Å². The van der Waals surface area contributed by atoms with E-state index in [0.29, 0.717) is 50.1 Å². The van der Waals surface area contributed by atoms with Crippen molar-refractivity contribution in [3.63, 3.8) is 0 Å². The Bertz CT molecular complexity index is 1420. The topological polar surface area (TPSA) is 78.0 Å². The highest BCUT2D eigenvalue weighted by atomic mass is 16.5. The van der Waals surface area contributed by atoms with Crippen LogP contribution in [0.2, 0.25) is 0 Å². The van der Waals surface area contributed by atoms with Crippen LogP contribution < -0.4 is 29.6 Å². The second-order valence-electron chi connectivity index (χ2n) is 9.68. The van der Waals surface area contributed by atoms with Crippen LogP contribution in [0.3, 0.4) is 0 Å². The quantitative estimate of drug-likeness (QED) is 0.185. The number of benzene rings is 4. The normalized spacial score (nSPS) is 10.6. The zero-order valence-electron chi connectivity index (χ0n) is 24.2. The second-order valence-corrected chi connectivity index (χ2v) is 9.68. The number of methoxy groups -OCH3 is 2. The summed E-state index contributed by atoms with van der Waals surface area (Å²) in [6, 6.07) is 28.3. The third-order valence-corrected chi connectivity index (χ3v) is 6.76. The monoisotopic (exact) mass is 554 g/mol. The van der Waals surface area contributed by atoms with E-state index >= 15 is 0 Å². The smallest absolute Gasteiger partial charge is 0.216 e. The summed E-state index contributed by atoms with van der Waals surface area (Å²) in [7, 11) is 3.25. The molecule has 4 aromatic rings. The third-order valence-electron chi connectivity index (χ3n) is 6.76. The van der Waals surface area contributed by atoms with Crippen molar-refractivity contribution in [1.29, 1.82) is 0 Å². The summed E-state index contributed by atoms with van der Waals surface area (Å²) >= 11 is 0. The molecule has 0 fully saturated rings. The number of carbonyl (C=O) groups is 1. The van der Waals surface area contributed by atoms with Crippen molar-refractivity contribution >= 4 is 5.91 Å².